The number of hydrogen-bond donors (Lipinski definition) is 3. The molecule has 0 unspecified atom stereocenters. The first-order valence-electron chi connectivity index (χ1n) is 7.49. The zero-order chi connectivity index (χ0) is 17.6. The Kier molecular flexibility index (Phi) is 7.73. The van der Waals surface area contributed by atoms with Gasteiger partial charge in [-0.05, 0) is 29.8 Å². The Morgan fingerprint density at radius 1 is 1.23 bits per heavy atom. The number of halogens is 3. The number of aromatic nitrogens is 3. The molecule has 0 fully saturated rings. The van der Waals surface area contributed by atoms with Gasteiger partial charge in [-0.3, -0.25) is 10.1 Å². The number of H-pyrrole nitrogens is 1. The number of nitrogens with one attached hydrogen (secondary N) is 3. The second-order valence-electron chi connectivity index (χ2n) is 5.10. The number of hydrogen-bond acceptors (Lipinski definition) is 4. The zero-order valence-corrected chi connectivity index (χ0v) is 17.6. The summed E-state index contributed by atoms with van der Waals surface area (Å²) in [7, 11) is 1.69. The molecule has 3 N–H and O–H groups in total. The van der Waals surface area contributed by atoms with Crippen molar-refractivity contribution in [2.24, 2.45) is 4.99 Å². The van der Waals surface area contributed by atoms with E-state index in [9.17, 15) is 0 Å². The maximum Gasteiger partial charge on any atom is 0.216 e. The Morgan fingerprint density at radius 3 is 2.73 bits per heavy atom. The van der Waals surface area contributed by atoms with E-state index in [1.165, 1.54) is 0 Å². The molecular weight excluding hydrogens is 490 g/mol. The average Bonchev–Trinajstić information content (AvgIpc) is 3.27. The summed E-state index contributed by atoms with van der Waals surface area (Å²) in [4.78, 5) is 8.53. The molecule has 138 valence electrons. The molecule has 7 nitrogen and oxygen atoms in total. The van der Waals surface area contributed by atoms with Gasteiger partial charge in [0.15, 0.2) is 11.7 Å². The van der Waals surface area contributed by atoms with E-state index in [4.69, 9.17) is 27.6 Å². The minimum atomic E-state index is 0. The van der Waals surface area contributed by atoms with Crippen LogP contribution in [0.25, 0.3) is 11.6 Å². The van der Waals surface area contributed by atoms with Gasteiger partial charge in [0.2, 0.25) is 5.82 Å². The highest BCUT2D eigenvalue weighted by Crippen LogP contribution is 2.20. The summed E-state index contributed by atoms with van der Waals surface area (Å²) in [6.07, 6.45) is 1.58. The zero-order valence-electron chi connectivity index (χ0n) is 13.8. The Balaban J connectivity index is 0.00000243. The summed E-state index contributed by atoms with van der Waals surface area (Å²) >= 11 is 12.1. The molecule has 26 heavy (non-hydrogen) atoms. The fraction of sp³-hybridized carbons (Fsp3) is 0.188. The molecule has 2 aromatic heterocycles. The van der Waals surface area contributed by atoms with Crippen LogP contribution in [-0.2, 0) is 13.1 Å². The number of nitrogens with zero attached hydrogens (tertiary/aromatic N) is 3. The van der Waals surface area contributed by atoms with E-state index in [0.717, 1.165) is 5.56 Å². The summed E-state index contributed by atoms with van der Waals surface area (Å²) in [6, 6.07) is 8.97. The van der Waals surface area contributed by atoms with Crippen LogP contribution in [0.1, 0.15) is 11.4 Å². The third kappa shape index (κ3) is 5.36. The molecule has 0 spiro atoms. The van der Waals surface area contributed by atoms with E-state index in [-0.39, 0.29) is 24.0 Å². The number of aromatic amines is 1. The standard InChI is InChI=1S/C16H16Cl2N6O.HI/c1-19-16(20-8-10-4-5-11(17)7-12(10)18)21-9-14-22-15(24-23-14)13-3-2-6-25-13;/h2-7H,8-9H2,1H3,(H2,19,20,21)(H,22,23,24);1H. The van der Waals surface area contributed by atoms with E-state index in [1.807, 2.05) is 6.07 Å². The van der Waals surface area contributed by atoms with Gasteiger partial charge >= 0.3 is 0 Å². The predicted octanol–water partition coefficient (Wildman–Crippen LogP) is 3.85. The summed E-state index contributed by atoms with van der Waals surface area (Å²) in [6.45, 7) is 0.950. The van der Waals surface area contributed by atoms with Crippen molar-refractivity contribution < 1.29 is 4.42 Å². The Morgan fingerprint density at radius 2 is 2.04 bits per heavy atom. The fourth-order valence-electron chi connectivity index (χ4n) is 2.12. The Bertz CT molecular complexity index is 866. The highest BCUT2D eigenvalue weighted by atomic mass is 127. The van der Waals surface area contributed by atoms with Gasteiger partial charge in [0.05, 0.1) is 12.8 Å². The molecule has 10 heteroatoms. The summed E-state index contributed by atoms with van der Waals surface area (Å²) < 4.78 is 5.26. The van der Waals surface area contributed by atoms with Crippen LogP contribution in [0.3, 0.4) is 0 Å². The van der Waals surface area contributed by atoms with E-state index >= 15 is 0 Å². The quantitative estimate of drug-likeness (QED) is 0.278. The number of guanidine groups is 1. The van der Waals surface area contributed by atoms with Crippen molar-refractivity contribution in [2.75, 3.05) is 7.05 Å². The predicted molar refractivity (Wildman–Crippen MR) is 113 cm³/mol. The maximum absolute atomic E-state index is 6.16. The second-order valence-corrected chi connectivity index (χ2v) is 5.94. The van der Waals surface area contributed by atoms with Crippen LogP contribution >= 0.6 is 47.2 Å². The van der Waals surface area contributed by atoms with Gasteiger partial charge < -0.3 is 15.1 Å². The lowest BCUT2D eigenvalue weighted by Gasteiger charge is -2.11. The lowest BCUT2D eigenvalue weighted by atomic mass is 10.2. The van der Waals surface area contributed by atoms with Crippen molar-refractivity contribution in [1.82, 2.24) is 25.8 Å². The highest BCUT2D eigenvalue weighted by Gasteiger charge is 2.09. The van der Waals surface area contributed by atoms with Crippen LogP contribution in [0.4, 0.5) is 0 Å². The third-order valence-corrected chi connectivity index (χ3v) is 3.97. The van der Waals surface area contributed by atoms with E-state index in [0.29, 0.717) is 46.5 Å². The Labute approximate surface area is 177 Å². The minimum absolute atomic E-state index is 0. The van der Waals surface area contributed by atoms with Crippen LogP contribution in [0.2, 0.25) is 10.0 Å². The molecule has 0 radical (unpaired) electrons. The first-order chi connectivity index (χ1) is 12.2. The van der Waals surface area contributed by atoms with Gasteiger partial charge in [0.25, 0.3) is 0 Å². The molecule has 1 aromatic carbocycles. The molecule has 0 aliphatic carbocycles. The minimum Gasteiger partial charge on any atom is -0.461 e. The second kappa shape index (κ2) is 9.79. The van der Waals surface area contributed by atoms with Crippen LogP contribution < -0.4 is 10.6 Å². The average molecular weight is 507 g/mol. The molecule has 3 aromatic rings. The van der Waals surface area contributed by atoms with Crippen molar-refractivity contribution in [3.05, 3.63) is 58.0 Å². The van der Waals surface area contributed by atoms with Gasteiger partial charge in [-0.1, -0.05) is 29.3 Å². The maximum atomic E-state index is 6.16. The third-order valence-electron chi connectivity index (χ3n) is 3.38. The molecule has 0 bridgehead atoms. The molecule has 0 saturated carbocycles. The Hall–Kier alpha value is -1.78. The molecule has 2 heterocycles. The normalized spacial score (nSPS) is 11.1. The van der Waals surface area contributed by atoms with Crippen LogP contribution in [0.5, 0.6) is 0 Å². The van der Waals surface area contributed by atoms with Gasteiger partial charge in [0.1, 0.15) is 5.82 Å². The van der Waals surface area contributed by atoms with Crippen molar-refractivity contribution in [3.8, 4) is 11.6 Å². The molecule has 0 atom stereocenters. The lowest BCUT2D eigenvalue weighted by molar-refractivity contribution is 0.577. The summed E-state index contributed by atoms with van der Waals surface area (Å²) in [5, 5.41) is 14.5. The van der Waals surface area contributed by atoms with Gasteiger partial charge in [-0.2, -0.15) is 0 Å². The lowest BCUT2D eigenvalue weighted by Crippen LogP contribution is -2.36. The summed E-state index contributed by atoms with van der Waals surface area (Å²) in [5.74, 6) is 2.40. The first-order valence-corrected chi connectivity index (χ1v) is 8.25. The van der Waals surface area contributed by atoms with Crippen LogP contribution in [0.15, 0.2) is 46.0 Å². The number of aliphatic imine (C=N–C) groups is 1. The topological polar surface area (TPSA) is 91.1 Å². The molecule has 3 rings (SSSR count). The van der Waals surface area contributed by atoms with Crippen LogP contribution in [0, 0.1) is 0 Å². The first kappa shape index (κ1) is 20.5. The highest BCUT2D eigenvalue weighted by molar-refractivity contribution is 14.0. The van der Waals surface area contributed by atoms with Gasteiger partial charge in [-0.15, -0.1) is 29.1 Å². The number of furan rings is 1. The van der Waals surface area contributed by atoms with Crippen molar-refractivity contribution >= 4 is 53.1 Å². The largest absolute Gasteiger partial charge is 0.461 e. The number of benzene rings is 1. The monoisotopic (exact) mass is 506 g/mol. The SMILES string of the molecule is CN=C(NCc1nc(-c2ccco2)n[nH]1)NCc1ccc(Cl)cc1Cl.I. The smallest absolute Gasteiger partial charge is 0.216 e. The van der Waals surface area contributed by atoms with E-state index < -0.39 is 0 Å². The molecule has 0 aliphatic heterocycles. The van der Waals surface area contributed by atoms with E-state index in [1.54, 1.807) is 37.6 Å². The summed E-state index contributed by atoms with van der Waals surface area (Å²) in [5.41, 5.74) is 0.925. The van der Waals surface area contributed by atoms with E-state index in [2.05, 4.69) is 30.8 Å². The molecule has 0 saturated heterocycles. The molecule has 0 amide bonds. The van der Waals surface area contributed by atoms with Crippen molar-refractivity contribution in [2.45, 2.75) is 13.1 Å². The van der Waals surface area contributed by atoms with Crippen molar-refractivity contribution in [3.63, 3.8) is 0 Å². The van der Waals surface area contributed by atoms with Crippen molar-refractivity contribution in [1.29, 1.82) is 0 Å². The fourth-order valence-corrected chi connectivity index (χ4v) is 2.60. The van der Waals surface area contributed by atoms with Gasteiger partial charge in [-0.25, -0.2) is 4.98 Å². The molecular formula is C16H17Cl2IN6O. The molecule has 0 aliphatic rings. The van der Waals surface area contributed by atoms with Crippen LogP contribution in [-0.4, -0.2) is 28.2 Å². The van der Waals surface area contributed by atoms with Gasteiger partial charge in [0, 0.05) is 23.6 Å². The number of rotatable bonds is 5.